The molecule has 0 aromatic heterocycles. The SMILES string of the molecule is C[C@@H]1[C@H](O)[C@@H](C)/C=C/C=C/CC/C=C/C=C/C=C/C=C/C(O[C@@H]2O[C@H](C)[C@@H](O)[C@H](N)[C@H]2O)C[C@@H]2O[C@](O)(CC(O)[C@H](O)CCC(O)C[C@@H](O)CC(O)CC(=O)O[C@H]1C)C[C@H](O)[C@H]2C(=O)O. The van der Waals surface area contributed by atoms with E-state index >= 15 is 0 Å². The van der Waals surface area contributed by atoms with E-state index < -0.39 is 141 Å². The lowest BCUT2D eigenvalue weighted by Gasteiger charge is -2.45. The molecule has 0 aliphatic carbocycles. The molecule has 65 heavy (non-hydrogen) atoms. The number of cyclic esters (lactones) is 1. The molecule has 3 heterocycles. The second-order valence-corrected chi connectivity index (χ2v) is 17.8. The number of allylic oxidation sites excluding steroid dienone is 10. The number of nitrogens with two attached hydrogens (primary N) is 1. The van der Waals surface area contributed by atoms with Crippen LogP contribution in [0.25, 0.3) is 0 Å². The fourth-order valence-electron chi connectivity index (χ4n) is 8.11. The van der Waals surface area contributed by atoms with Crippen LogP contribution in [0.15, 0.2) is 72.9 Å². The first-order valence-electron chi connectivity index (χ1n) is 22.6. The van der Waals surface area contributed by atoms with Crippen LogP contribution in [-0.4, -0.2) is 166 Å². The van der Waals surface area contributed by atoms with Gasteiger partial charge in [0.2, 0.25) is 0 Å². The lowest BCUT2D eigenvalue weighted by atomic mass is 9.82. The third-order valence-corrected chi connectivity index (χ3v) is 12.2. The fourth-order valence-corrected chi connectivity index (χ4v) is 8.11. The Kier molecular flexibility index (Phi) is 23.8. The normalized spacial score (nSPS) is 45.2. The highest BCUT2D eigenvalue weighted by atomic mass is 16.7. The van der Waals surface area contributed by atoms with Gasteiger partial charge in [0.1, 0.15) is 18.1 Å². The fraction of sp³-hybridized carbons (Fsp3) is 0.702. The monoisotopic (exact) mass is 926 g/mol. The van der Waals surface area contributed by atoms with Gasteiger partial charge >= 0.3 is 11.9 Å². The number of esters is 1. The zero-order valence-electron chi connectivity index (χ0n) is 37.8. The Hall–Kier alpha value is -3.18. The molecule has 0 radical (unpaired) electrons. The van der Waals surface area contributed by atoms with Crippen molar-refractivity contribution in [1.82, 2.24) is 0 Å². The molecule has 2 saturated heterocycles. The summed E-state index contributed by atoms with van der Waals surface area (Å²) in [6.45, 7) is 6.78. The number of carbonyl (C=O) groups is 2. The van der Waals surface area contributed by atoms with E-state index in [1.54, 1.807) is 38.2 Å². The first kappa shape index (κ1) is 56.1. The highest BCUT2D eigenvalue weighted by molar-refractivity contribution is 5.71. The molecule has 3 rings (SSSR count). The van der Waals surface area contributed by atoms with Crippen LogP contribution in [0, 0.1) is 17.8 Å². The molecule has 2 bridgehead atoms. The largest absolute Gasteiger partial charge is 0.481 e. The van der Waals surface area contributed by atoms with Crippen LogP contribution in [0.3, 0.4) is 0 Å². The number of fused-ring (bicyclic) bond motifs is 2. The average Bonchev–Trinajstić information content (AvgIpc) is 3.21. The van der Waals surface area contributed by atoms with E-state index in [-0.39, 0.29) is 38.0 Å². The lowest BCUT2D eigenvalue weighted by Crippen LogP contribution is -2.61. The maximum Gasteiger partial charge on any atom is 0.311 e. The van der Waals surface area contributed by atoms with Gasteiger partial charge in [0, 0.05) is 31.1 Å². The Bertz CT molecular complexity index is 1620. The van der Waals surface area contributed by atoms with Gasteiger partial charge in [-0.25, -0.2) is 0 Å². The Labute approximate surface area is 381 Å². The molecule has 2 fully saturated rings. The topological polar surface area (TPSA) is 320 Å². The quantitative estimate of drug-likeness (QED) is 0.175. The molecule has 13 N–H and O–H groups in total. The van der Waals surface area contributed by atoms with Crippen LogP contribution in [-0.2, 0) is 28.5 Å². The Morgan fingerprint density at radius 2 is 1.28 bits per heavy atom. The highest BCUT2D eigenvalue weighted by Crippen LogP contribution is 2.38. The predicted octanol–water partition coefficient (Wildman–Crippen LogP) is 0.936. The van der Waals surface area contributed by atoms with E-state index in [0.717, 1.165) is 12.8 Å². The van der Waals surface area contributed by atoms with Crippen LogP contribution in [0.2, 0.25) is 0 Å². The van der Waals surface area contributed by atoms with Gasteiger partial charge < -0.3 is 80.9 Å². The minimum atomic E-state index is -2.35. The molecule has 0 spiro atoms. The number of hydrogen-bond donors (Lipinski definition) is 12. The van der Waals surface area contributed by atoms with Gasteiger partial charge in [-0.2, -0.15) is 0 Å². The van der Waals surface area contributed by atoms with Gasteiger partial charge in [-0.05, 0) is 52.4 Å². The summed E-state index contributed by atoms with van der Waals surface area (Å²) in [5, 5.41) is 118. The van der Waals surface area contributed by atoms with Crippen molar-refractivity contribution in [2.45, 2.75) is 189 Å². The minimum Gasteiger partial charge on any atom is -0.481 e. The number of carbonyl (C=O) groups excluding carboxylic acids is 1. The van der Waals surface area contributed by atoms with Crippen molar-refractivity contribution in [3.05, 3.63) is 72.9 Å². The number of carboxylic acid groups (broad SMARTS) is 1. The molecule has 18 heteroatoms. The standard InChI is InChI=1S/C47H75NO17/c1-27-17-15-13-11-9-7-5-6-8-10-12-14-16-18-34(64-46-44(58)41(48)43(57)30(4)63-46)24-38-40(45(59)60)37(54)26-47(61,65-38)25-36(53)35(52)20-19-31(49)21-32(50)22-33(51)23-39(55)62-29(3)28(2)42(27)56/h5-6,8,10-18,27-38,40-44,46,49-54,56-58,61H,7,9,19-26,48H2,1-4H3,(H,59,60)/b6-5+,10-8+,13-11+,14-12+,17-15+,18-16+/t27-,28-,29-,30+,31?,32+,33?,34?,35+,36?,37-,38-,40+,41-,42+,43+,44+,46-,47+/m0/s1. The van der Waals surface area contributed by atoms with Gasteiger partial charge in [-0.1, -0.05) is 86.8 Å². The molecule has 19 atom stereocenters. The van der Waals surface area contributed by atoms with Crippen molar-refractivity contribution in [1.29, 1.82) is 0 Å². The maximum absolute atomic E-state index is 12.6. The van der Waals surface area contributed by atoms with E-state index in [2.05, 4.69) is 0 Å². The van der Waals surface area contributed by atoms with Crippen molar-refractivity contribution in [2.24, 2.45) is 23.5 Å². The van der Waals surface area contributed by atoms with E-state index in [1.807, 2.05) is 49.5 Å². The summed E-state index contributed by atoms with van der Waals surface area (Å²) in [5.41, 5.74) is 6.02. The average molecular weight is 926 g/mol. The molecule has 0 saturated carbocycles. The van der Waals surface area contributed by atoms with Crippen LogP contribution >= 0.6 is 0 Å². The molecule has 370 valence electrons. The lowest BCUT2D eigenvalue weighted by molar-refractivity contribution is -0.310. The van der Waals surface area contributed by atoms with Gasteiger partial charge in [-0.3, -0.25) is 9.59 Å². The summed E-state index contributed by atoms with van der Waals surface area (Å²) in [5.74, 6) is -6.82. The van der Waals surface area contributed by atoms with Crippen molar-refractivity contribution >= 4 is 11.9 Å². The van der Waals surface area contributed by atoms with Crippen LogP contribution in [0.4, 0.5) is 0 Å². The van der Waals surface area contributed by atoms with Gasteiger partial charge in [0.25, 0.3) is 0 Å². The molecule has 0 aromatic carbocycles. The third kappa shape index (κ3) is 18.8. The summed E-state index contributed by atoms with van der Waals surface area (Å²) in [4.78, 5) is 25.1. The van der Waals surface area contributed by atoms with Crippen molar-refractivity contribution in [2.75, 3.05) is 0 Å². The first-order valence-corrected chi connectivity index (χ1v) is 22.6. The highest BCUT2D eigenvalue weighted by Gasteiger charge is 2.51. The molecule has 0 amide bonds. The third-order valence-electron chi connectivity index (χ3n) is 12.2. The maximum atomic E-state index is 12.6. The van der Waals surface area contributed by atoms with Gasteiger partial charge in [0.15, 0.2) is 12.1 Å². The number of aliphatic carboxylic acids is 1. The zero-order valence-corrected chi connectivity index (χ0v) is 37.8. The van der Waals surface area contributed by atoms with Crippen molar-refractivity contribution in [3.63, 3.8) is 0 Å². The molecule has 0 aromatic rings. The number of rotatable bonds is 3. The predicted molar refractivity (Wildman–Crippen MR) is 237 cm³/mol. The van der Waals surface area contributed by atoms with Gasteiger partial charge in [-0.15, -0.1) is 0 Å². The summed E-state index contributed by atoms with van der Waals surface area (Å²) in [6.07, 6.45) is 2.28. The summed E-state index contributed by atoms with van der Waals surface area (Å²) in [7, 11) is 0. The van der Waals surface area contributed by atoms with Crippen molar-refractivity contribution in [3.8, 4) is 0 Å². The van der Waals surface area contributed by atoms with E-state index in [4.69, 9.17) is 24.7 Å². The molecular weight excluding hydrogens is 851 g/mol. The number of carboxylic acids is 1. The Balaban J connectivity index is 1.84. The zero-order chi connectivity index (χ0) is 48.4. The number of hydrogen-bond acceptors (Lipinski definition) is 17. The summed E-state index contributed by atoms with van der Waals surface area (Å²) in [6, 6.07) is -1.14. The Morgan fingerprint density at radius 3 is 1.94 bits per heavy atom. The van der Waals surface area contributed by atoms with E-state index in [0.29, 0.717) is 0 Å². The van der Waals surface area contributed by atoms with E-state index in [1.165, 1.54) is 13.0 Å². The van der Waals surface area contributed by atoms with Crippen LogP contribution in [0.5, 0.6) is 0 Å². The molecular formula is C47H75NO17. The smallest absolute Gasteiger partial charge is 0.311 e. The van der Waals surface area contributed by atoms with Crippen molar-refractivity contribution < 1.29 is 84.7 Å². The molecule has 18 nitrogen and oxygen atoms in total. The van der Waals surface area contributed by atoms with Gasteiger partial charge in [0.05, 0.1) is 79.6 Å². The van der Waals surface area contributed by atoms with Crippen LogP contribution < -0.4 is 5.73 Å². The Morgan fingerprint density at radius 1 is 0.692 bits per heavy atom. The second-order valence-electron chi connectivity index (χ2n) is 17.8. The summed E-state index contributed by atoms with van der Waals surface area (Å²) >= 11 is 0. The summed E-state index contributed by atoms with van der Waals surface area (Å²) < 4.78 is 23.2. The van der Waals surface area contributed by atoms with Crippen LogP contribution in [0.1, 0.15) is 91.9 Å². The second kappa shape index (κ2) is 27.6. The molecule has 4 unspecified atom stereocenters. The first-order chi connectivity index (χ1) is 30.6. The minimum absolute atomic E-state index is 0.138. The van der Waals surface area contributed by atoms with E-state index in [9.17, 15) is 65.8 Å². The number of aliphatic hydroxyl groups excluding tert-OH is 9. The number of aliphatic hydroxyl groups is 10. The molecule has 3 aliphatic heterocycles. The number of ether oxygens (including phenoxy) is 4. The molecule has 3 aliphatic rings.